The Morgan fingerprint density at radius 1 is 1.04 bits per heavy atom. The molecule has 2 amide bonds. The minimum atomic E-state index is -0.280. The maximum atomic E-state index is 12.0. The highest BCUT2D eigenvalue weighted by Gasteiger charge is 2.14. The van der Waals surface area contributed by atoms with Gasteiger partial charge in [0.15, 0.2) is 0 Å². The molecule has 1 aliphatic carbocycles. The third kappa shape index (κ3) is 6.73. The summed E-state index contributed by atoms with van der Waals surface area (Å²) in [6, 6.07) is 7.78. The summed E-state index contributed by atoms with van der Waals surface area (Å²) in [6.45, 7) is 7.05. The van der Waals surface area contributed by atoms with Gasteiger partial charge in [0.1, 0.15) is 6.42 Å². The molecule has 0 aliphatic heterocycles. The van der Waals surface area contributed by atoms with E-state index in [1.807, 2.05) is 24.3 Å². The topological polar surface area (TPSA) is 58.2 Å². The van der Waals surface area contributed by atoms with Gasteiger partial charge in [-0.15, -0.1) is 0 Å². The predicted molar refractivity (Wildman–Crippen MR) is 103 cm³/mol. The van der Waals surface area contributed by atoms with E-state index in [0.29, 0.717) is 6.54 Å². The van der Waals surface area contributed by atoms with Crippen molar-refractivity contribution in [2.75, 3.05) is 11.9 Å². The highest BCUT2D eigenvalue weighted by molar-refractivity contribution is 6.03. The van der Waals surface area contributed by atoms with Crippen LogP contribution in [0.15, 0.2) is 35.9 Å². The van der Waals surface area contributed by atoms with Crippen molar-refractivity contribution >= 4 is 17.5 Å². The van der Waals surface area contributed by atoms with Gasteiger partial charge in [0.25, 0.3) is 0 Å². The lowest BCUT2D eigenvalue weighted by molar-refractivity contribution is -0.126. The van der Waals surface area contributed by atoms with Gasteiger partial charge in [-0.3, -0.25) is 9.59 Å². The number of benzene rings is 1. The minimum Gasteiger partial charge on any atom is -0.355 e. The highest BCUT2D eigenvalue weighted by atomic mass is 16.2. The second kappa shape index (κ2) is 8.84. The van der Waals surface area contributed by atoms with Crippen molar-refractivity contribution < 1.29 is 9.59 Å². The molecule has 4 heteroatoms. The number of anilines is 1. The van der Waals surface area contributed by atoms with Crippen molar-refractivity contribution in [3.05, 3.63) is 41.5 Å². The molecule has 0 atom stereocenters. The van der Waals surface area contributed by atoms with E-state index in [2.05, 4.69) is 37.5 Å². The minimum absolute atomic E-state index is 0.0796. The zero-order chi connectivity index (χ0) is 18.3. The van der Waals surface area contributed by atoms with Gasteiger partial charge >= 0.3 is 0 Å². The molecule has 1 aliphatic rings. The molecule has 2 N–H and O–H groups in total. The van der Waals surface area contributed by atoms with Gasteiger partial charge in [-0.05, 0) is 55.2 Å². The summed E-state index contributed by atoms with van der Waals surface area (Å²) in [7, 11) is 0. The monoisotopic (exact) mass is 342 g/mol. The molecule has 0 heterocycles. The van der Waals surface area contributed by atoms with E-state index in [4.69, 9.17) is 0 Å². The number of nitrogens with one attached hydrogen (secondary N) is 2. The Bertz CT molecular complexity index is 624. The van der Waals surface area contributed by atoms with Gasteiger partial charge in [0, 0.05) is 12.2 Å². The van der Waals surface area contributed by atoms with Crippen molar-refractivity contribution in [1.82, 2.24) is 5.32 Å². The summed E-state index contributed by atoms with van der Waals surface area (Å²) < 4.78 is 0. The summed E-state index contributed by atoms with van der Waals surface area (Å²) in [4.78, 5) is 23.9. The number of hydrogen-bond donors (Lipinski definition) is 2. The normalized spacial score (nSPS) is 14.6. The van der Waals surface area contributed by atoms with Crippen molar-refractivity contribution in [3.8, 4) is 0 Å². The molecule has 25 heavy (non-hydrogen) atoms. The number of allylic oxidation sites excluding steroid dienone is 1. The molecule has 2 rings (SSSR count). The van der Waals surface area contributed by atoms with Crippen LogP contribution in [0.3, 0.4) is 0 Å². The SMILES string of the molecule is CC(C)(C)c1ccc(NC(=O)CC(=O)NCCC2=CCCCC2)cc1. The van der Waals surface area contributed by atoms with Crippen LogP contribution in [-0.4, -0.2) is 18.4 Å². The Kier molecular flexibility index (Phi) is 6.80. The molecule has 1 aromatic carbocycles. The van der Waals surface area contributed by atoms with E-state index in [-0.39, 0.29) is 23.7 Å². The molecule has 136 valence electrons. The van der Waals surface area contributed by atoms with Gasteiger partial charge in [0.2, 0.25) is 11.8 Å². The Balaban J connectivity index is 1.72. The van der Waals surface area contributed by atoms with E-state index >= 15 is 0 Å². The molecule has 0 aromatic heterocycles. The first-order chi connectivity index (χ1) is 11.8. The van der Waals surface area contributed by atoms with Crippen LogP contribution in [0.1, 0.15) is 64.9 Å². The second-order valence-corrected chi connectivity index (χ2v) is 7.76. The Morgan fingerprint density at radius 3 is 2.36 bits per heavy atom. The largest absolute Gasteiger partial charge is 0.355 e. The van der Waals surface area contributed by atoms with E-state index in [1.165, 1.54) is 24.0 Å². The van der Waals surface area contributed by atoms with Crippen LogP contribution in [0.25, 0.3) is 0 Å². The fraction of sp³-hybridized carbons (Fsp3) is 0.524. The molecule has 0 saturated carbocycles. The van der Waals surface area contributed by atoms with Gasteiger partial charge in [-0.1, -0.05) is 44.6 Å². The Morgan fingerprint density at radius 2 is 1.76 bits per heavy atom. The number of carbonyl (C=O) groups excluding carboxylic acids is 2. The molecule has 0 fully saturated rings. The summed E-state index contributed by atoms with van der Waals surface area (Å²) in [5.41, 5.74) is 3.43. The molecular formula is C21H30N2O2. The number of amides is 2. The first kappa shape index (κ1) is 19.2. The number of carbonyl (C=O) groups is 2. The quantitative estimate of drug-likeness (QED) is 0.597. The third-order valence-electron chi connectivity index (χ3n) is 4.51. The van der Waals surface area contributed by atoms with Crippen LogP contribution >= 0.6 is 0 Å². The maximum absolute atomic E-state index is 12.0. The first-order valence-electron chi connectivity index (χ1n) is 9.19. The first-order valence-corrected chi connectivity index (χ1v) is 9.19. The predicted octanol–water partition coefficient (Wildman–Crippen LogP) is 4.32. The zero-order valence-corrected chi connectivity index (χ0v) is 15.7. The number of rotatable bonds is 6. The smallest absolute Gasteiger partial charge is 0.233 e. The lowest BCUT2D eigenvalue weighted by atomic mass is 9.87. The molecular weight excluding hydrogens is 312 g/mol. The van der Waals surface area contributed by atoms with E-state index in [1.54, 1.807) is 0 Å². The summed E-state index contributed by atoms with van der Waals surface area (Å²) >= 11 is 0. The zero-order valence-electron chi connectivity index (χ0n) is 15.7. The van der Waals surface area contributed by atoms with Crippen molar-refractivity contribution in [2.45, 2.75) is 64.7 Å². The lowest BCUT2D eigenvalue weighted by Gasteiger charge is -2.19. The van der Waals surface area contributed by atoms with Gasteiger partial charge in [-0.25, -0.2) is 0 Å². The van der Waals surface area contributed by atoms with Crippen LogP contribution in [0.4, 0.5) is 5.69 Å². The third-order valence-corrected chi connectivity index (χ3v) is 4.51. The van der Waals surface area contributed by atoms with Crippen LogP contribution in [0.5, 0.6) is 0 Å². The van der Waals surface area contributed by atoms with Crippen LogP contribution in [0.2, 0.25) is 0 Å². The van der Waals surface area contributed by atoms with Gasteiger partial charge < -0.3 is 10.6 Å². The van der Waals surface area contributed by atoms with Crippen LogP contribution in [0, 0.1) is 0 Å². The average molecular weight is 342 g/mol. The van der Waals surface area contributed by atoms with Crippen molar-refractivity contribution in [3.63, 3.8) is 0 Å². The van der Waals surface area contributed by atoms with E-state index in [9.17, 15) is 9.59 Å². The Hall–Kier alpha value is -2.10. The highest BCUT2D eigenvalue weighted by Crippen LogP contribution is 2.23. The molecule has 4 nitrogen and oxygen atoms in total. The lowest BCUT2D eigenvalue weighted by Crippen LogP contribution is -2.29. The molecule has 0 bridgehead atoms. The second-order valence-electron chi connectivity index (χ2n) is 7.76. The van der Waals surface area contributed by atoms with Crippen LogP contribution < -0.4 is 10.6 Å². The molecule has 0 radical (unpaired) electrons. The van der Waals surface area contributed by atoms with Crippen molar-refractivity contribution in [2.24, 2.45) is 0 Å². The Labute approximate surface area is 151 Å². The molecule has 0 saturated heterocycles. The standard InChI is InChI=1S/C21H30N2O2/c1-21(2,3)17-9-11-18(12-10-17)23-20(25)15-19(24)22-14-13-16-7-5-4-6-8-16/h7,9-12H,4-6,8,13-15H2,1-3H3,(H,22,24)(H,23,25). The summed E-state index contributed by atoms with van der Waals surface area (Å²) in [6.07, 6.45) is 7.84. The summed E-state index contributed by atoms with van der Waals surface area (Å²) in [5.74, 6) is -0.502. The van der Waals surface area contributed by atoms with Crippen LogP contribution in [-0.2, 0) is 15.0 Å². The van der Waals surface area contributed by atoms with Gasteiger partial charge in [0.05, 0.1) is 0 Å². The van der Waals surface area contributed by atoms with E-state index < -0.39 is 0 Å². The van der Waals surface area contributed by atoms with E-state index in [0.717, 1.165) is 24.9 Å². The summed E-state index contributed by atoms with van der Waals surface area (Å²) in [5, 5.41) is 5.62. The number of hydrogen-bond acceptors (Lipinski definition) is 2. The van der Waals surface area contributed by atoms with Crippen molar-refractivity contribution in [1.29, 1.82) is 0 Å². The fourth-order valence-corrected chi connectivity index (χ4v) is 2.96. The average Bonchev–Trinajstić information content (AvgIpc) is 2.55. The molecule has 0 unspecified atom stereocenters. The maximum Gasteiger partial charge on any atom is 0.233 e. The fourth-order valence-electron chi connectivity index (χ4n) is 2.96. The molecule has 1 aromatic rings. The van der Waals surface area contributed by atoms with Gasteiger partial charge in [-0.2, -0.15) is 0 Å². The molecule has 0 spiro atoms.